The first kappa shape index (κ1) is 15.7. The number of benzene rings is 1. The fourth-order valence-corrected chi connectivity index (χ4v) is 1.85. The second-order valence-corrected chi connectivity index (χ2v) is 5.45. The van der Waals surface area contributed by atoms with Crippen molar-refractivity contribution in [2.45, 2.75) is 26.2 Å². The number of carbonyl (C=O) groups is 1. The van der Waals surface area contributed by atoms with Gasteiger partial charge in [-0.2, -0.15) is 0 Å². The van der Waals surface area contributed by atoms with Gasteiger partial charge in [0.25, 0.3) is 5.91 Å². The summed E-state index contributed by atoms with van der Waals surface area (Å²) < 4.78 is 5.23. The number of nitrogens with one attached hydrogen (secondary N) is 1. The van der Waals surface area contributed by atoms with Crippen molar-refractivity contribution < 1.29 is 9.53 Å². The van der Waals surface area contributed by atoms with E-state index in [1.54, 1.807) is 0 Å². The fourth-order valence-electron chi connectivity index (χ4n) is 1.85. The maximum absolute atomic E-state index is 12.2. The molecule has 0 saturated heterocycles. The molecule has 0 aromatic heterocycles. The zero-order chi connectivity index (χ0) is 14.3. The van der Waals surface area contributed by atoms with Gasteiger partial charge < -0.3 is 15.8 Å². The smallest absolute Gasteiger partial charge is 0.251 e. The van der Waals surface area contributed by atoms with E-state index in [2.05, 4.69) is 26.1 Å². The van der Waals surface area contributed by atoms with Crippen LogP contribution in [0.4, 0.5) is 0 Å². The monoisotopic (exact) mass is 264 g/mol. The van der Waals surface area contributed by atoms with Gasteiger partial charge in [-0.25, -0.2) is 0 Å². The standard InChI is InChI=1S/C15H24N2O2/c1-15(2,3)13-7-5-4-6-12(13)14(18)17-9-11-19-10-8-16/h4-7H,8-11,16H2,1-3H3,(H,17,18). The average molecular weight is 264 g/mol. The van der Waals surface area contributed by atoms with Gasteiger partial charge >= 0.3 is 0 Å². The van der Waals surface area contributed by atoms with E-state index >= 15 is 0 Å². The van der Waals surface area contributed by atoms with Gasteiger partial charge in [0.1, 0.15) is 0 Å². The second kappa shape index (κ2) is 7.26. The summed E-state index contributed by atoms with van der Waals surface area (Å²) in [5.74, 6) is -0.0538. The van der Waals surface area contributed by atoms with Crippen molar-refractivity contribution in [1.29, 1.82) is 0 Å². The van der Waals surface area contributed by atoms with E-state index in [0.717, 1.165) is 11.1 Å². The normalized spacial score (nSPS) is 11.4. The highest BCUT2D eigenvalue weighted by Crippen LogP contribution is 2.25. The van der Waals surface area contributed by atoms with Gasteiger partial charge in [-0.1, -0.05) is 39.0 Å². The van der Waals surface area contributed by atoms with Crippen LogP contribution in [0, 0.1) is 0 Å². The van der Waals surface area contributed by atoms with Crippen LogP contribution in [0.2, 0.25) is 0 Å². The predicted octanol–water partition coefficient (Wildman–Crippen LogP) is 1.69. The molecule has 0 saturated carbocycles. The van der Waals surface area contributed by atoms with Crippen molar-refractivity contribution in [2.75, 3.05) is 26.3 Å². The summed E-state index contributed by atoms with van der Waals surface area (Å²) in [5.41, 5.74) is 7.05. The van der Waals surface area contributed by atoms with Crippen LogP contribution in [0.5, 0.6) is 0 Å². The fraction of sp³-hybridized carbons (Fsp3) is 0.533. The first-order valence-electron chi connectivity index (χ1n) is 6.62. The Hall–Kier alpha value is -1.39. The van der Waals surface area contributed by atoms with Gasteiger partial charge in [-0.3, -0.25) is 4.79 Å². The van der Waals surface area contributed by atoms with Crippen LogP contribution in [0.25, 0.3) is 0 Å². The zero-order valence-corrected chi connectivity index (χ0v) is 12.0. The number of nitrogens with two attached hydrogens (primary N) is 1. The lowest BCUT2D eigenvalue weighted by molar-refractivity contribution is 0.0917. The van der Waals surface area contributed by atoms with Gasteiger partial charge in [0.15, 0.2) is 0 Å². The zero-order valence-electron chi connectivity index (χ0n) is 12.0. The molecule has 0 fully saturated rings. The van der Waals surface area contributed by atoms with E-state index in [-0.39, 0.29) is 11.3 Å². The van der Waals surface area contributed by atoms with Gasteiger partial charge in [-0.15, -0.1) is 0 Å². The molecule has 0 bridgehead atoms. The van der Waals surface area contributed by atoms with Crippen molar-refractivity contribution >= 4 is 5.91 Å². The summed E-state index contributed by atoms with van der Waals surface area (Å²) in [6.07, 6.45) is 0. The molecule has 1 aromatic rings. The van der Waals surface area contributed by atoms with E-state index < -0.39 is 0 Å². The molecular weight excluding hydrogens is 240 g/mol. The van der Waals surface area contributed by atoms with Crippen molar-refractivity contribution in [3.05, 3.63) is 35.4 Å². The maximum atomic E-state index is 12.2. The number of ether oxygens (including phenoxy) is 1. The SMILES string of the molecule is CC(C)(C)c1ccccc1C(=O)NCCOCCN. The van der Waals surface area contributed by atoms with Crippen LogP contribution in [-0.4, -0.2) is 32.2 Å². The molecule has 0 aliphatic carbocycles. The number of hydrogen-bond donors (Lipinski definition) is 2. The summed E-state index contributed by atoms with van der Waals surface area (Å²) in [4.78, 5) is 12.2. The van der Waals surface area contributed by atoms with Crippen LogP contribution in [0.15, 0.2) is 24.3 Å². The quantitative estimate of drug-likeness (QED) is 0.768. The lowest BCUT2D eigenvalue weighted by Gasteiger charge is -2.22. The number of hydrogen-bond acceptors (Lipinski definition) is 3. The molecule has 0 unspecified atom stereocenters. The minimum Gasteiger partial charge on any atom is -0.378 e. The Balaban J connectivity index is 2.62. The van der Waals surface area contributed by atoms with Gasteiger partial charge in [0, 0.05) is 18.7 Å². The first-order chi connectivity index (χ1) is 8.96. The summed E-state index contributed by atoms with van der Waals surface area (Å²) >= 11 is 0. The van der Waals surface area contributed by atoms with E-state index in [9.17, 15) is 4.79 Å². The molecule has 3 N–H and O–H groups in total. The van der Waals surface area contributed by atoms with Crippen molar-refractivity contribution in [3.8, 4) is 0 Å². The lowest BCUT2D eigenvalue weighted by Crippen LogP contribution is -2.30. The third-order valence-corrected chi connectivity index (χ3v) is 2.77. The molecule has 1 aromatic carbocycles. The van der Waals surface area contributed by atoms with Crippen molar-refractivity contribution in [2.24, 2.45) is 5.73 Å². The van der Waals surface area contributed by atoms with E-state index in [4.69, 9.17) is 10.5 Å². The van der Waals surface area contributed by atoms with Gasteiger partial charge in [0.05, 0.1) is 13.2 Å². The summed E-state index contributed by atoms with van der Waals surface area (Å²) in [6.45, 7) is 8.31. The Morgan fingerprint density at radius 3 is 2.58 bits per heavy atom. The minimum absolute atomic E-state index is 0.0516. The van der Waals surface area contributed by atoms with Crippen molar-refractivity contribution in [1.82, 2.24) is 5.32 Å². The molecule has 0 aliphatic rings. The van der Waals surface area contributed by atoms with E-state index in [0.29, 0.717) is 26.3 Å². The summed E-state index contributed by atoms with van der Waals surface area (Å²) in [7, 11) is 0. The molecule has 0 spiro atoms. The third-order valence-electron chi connectivity index (χ3n) is 2.77. The molecule has 0 atom stereocenters. The third kappa shape index (κ3) is 5.01. The Morgan fingerprint density at radius 2 is 1.95 bits per heavy atom. The van der Waals surface area contributed by atoms with Gasteiger partial charge in [-0.05, 0) is 17.0 Å². The van der Waals surface area contributed by atoms with E-state index in [1.807, 2.05) is 24.3 Å². The summed E-state index contributed by atoms with van der Waals surface area (Å²) in [5, 5.41) is 2.87. The van der Waals surface area contributed by atoms with E-state index in [1.165, 1.54) is 0 Å². The highest BCUT2D eigenvalue weighted by molar-refractivity contribution is 5.96. The molecule has 0 heterocycles. The molecule has 0 radical (unpaired) electrons. The first-order valence-corrected chi connectivity index (χ1v) is 6.62. The van der Waals surface area contributed by atoms with Crippen LogP contribution in [0.1, 0.15) is 36.7 Å². The van der Waals surface area contributed by atoms with Crippen LogP contribution >= 0.6 is 0 Å². The van der Waals surface area contributed by atoms with Crippen LogP contribution in [-0.2, 0) is 10.2 Å². The maximum Gasteiger partial charge on any atom is 0.251 e. The predicted molar refractivity (Wildman–Crippen MR) is 77.3 cm³/mol. The molecule has 4 nitrogen and oxygen atoms in total. The van der Waals surface area contributed by atoms with Crippen LogP contribution < -0.4 is 11.1 Å². The summed E-state index contributed by atoms with van der Waals surface area (Å²) in [6, 6.07) is 7.70. The molecule has 1 rings (SSSR count). The molecule has 0 aliphatic heterocycles. The minimum atomic E-state index is -0.0538. The highest BCUT2D eigenvalue weighted by atomic mass is 16.5. The molecular formula is C15H24N2O2. The molecule has 1 amide bonds. The Labute approximate surface area is 115 Å². The molecule has 106 valence electrons. The Morgan fingerprint density at radius 1 is 1.26 bits per heavy atom. The van der Waals surface area contributed by atoms with Gasteiger partial charge in [0.2, 0.25) is 0 Å². The largest absolute Gasteiger partial charge is 0.378 e. The topological polar surface area (TPSA) is 64.3 Å². The Kier molecular flexibility index (Phi) is 5.99. The van der Waals surface area contributed by atoms with Crippen LogP contribution in [0.3, 0.4) is 0 Å². The Bertz CT molecular complexity index is 411. The number of rotatable bonds is 6. The van der Waals surface area contributed by atoms with Crippen molar-refractivity contribution in [3.63, 3.8) is 0 Å². The lowest BCUT2D eigenvalue weighted by atomic mass is 9.83. The molecule has 4 heteroatoms. The average Bonchev–Trinajstić information content (AvgIpc) is 2.37. The number of amides is 1. The number of carbonyl (C=O) groups excluding carboxylic acids is 1. The second-order valence-electron chi connectivity index (χ2n) is 5.45. The molecule has 19 heavy (non-hydrogen) atoms. The highest BCUT2D eigenvalue weighted by Gasteiger charge is 2.20.